The number of nitrogens with two attached hydrogens (primary N) is 1. The van der Waals surface area contributed by atoms with Gasteiger partial charge in [0.2, 0.25) is 0 Å². The van der Waals surface area contributed by atoms with Gasteiger partial charge in [0.05, 0.1) is 0 Å². The number of hydrogen-bond acceptors (Lipinski definition) is 2. The van der Waals surface area contributed by atoms with Gasteiger partial charge in [0.25, 0.3) is 0 Å². The van der Waals surface area contributed by atoms with E-state index >= 15 is 0 Å². The van der Waals surface area contributed by atoms with Gasteiger partial charge in [-0.2, -0.15) is 11.8 Å². The third-order valence-corrected chi connectivity index (χ3v) is 3.29. The normalized spacial score (nSPS) is 38.2. The zero-order valence-corrected chi connectivity index (χ0v) is 6.13. The van der Waals surface area contributed by atoms with E-state index in [1.165, 1.54) is 18.6 Å². The molecule has 8 heavy (non-hydrogen) atoms. The van der Waals surface area contributed by atoms with Gasteiger partial charge in [-0.3, -0.25) is 0 Å². The van der Waals surface area contributed by atoms with Crippen LogP contribution >= 0.6 is 11.8 Å². The van der Waals surface area contributed by atoms with E-state index in [1.54, 1.807) is 0 Å². The lowest BCUT2D eigenvalue weighted by Crippen LogP contribution is -2.27. The minimum Gasteiger partial charge on any atom is -0.329 e. The fraction of sp³-hybridized carbons (Fsp3) is 1.00. The lowest BCUT2D eigenvalue weighted by Gasteiger charge is -2.18. The minimum atomic E-state index is 0.431. The Kier molecular flexibility index (Phi) is 1.83. The average Bonchev–Trinajstić information content (AvgIpc) is 2.17. The Morgan fingerprint density at radius 2 is 2.50 bits per heavy atom. The molecule has 0 amide bonds. The number of thioether (sulfide) groups is 1. The Bertz CT molecular complexity index is 76.6. The summed E-state index contributed by atoms with van der Waals surface area (Å²) in [5.41, 5.74) is 5.55. The van der Waals surface area contributed by atoms with Crippen molar-refractivity contribution in [3.63, 3.8) is 0 Å². The predicted octanol–water partition coefficient (Wildman–Crippen LogP) is 1.23. The highest BCUT2D eigenvalue weighted by Crippen LogP contribution is 2.36. The maximum absolute atomic E-state index is 5.55. The molecule has 0 aromatic heterocycles. The SMILES string of the molecule is C[C@@]1(CN)CCCS1. The molecule has 0 saturated carbocycles. The maximum atomic E-state index is 5.55. The first-order valence-corrected chi connectivity index (χ1v) is 4.09. The second-order valence-corrected chi connectivity index (χ2v) is 4.29. The van der Waals surface area contributed by atoms with Crippen molar-refractivity contribution in [3.05, 3.63) is 0 Å². The van der Waals surface area contributed by atoms with Crippen LogP contribution in [0, 0.1) is 0 Å². The monoisotopic (exact) mass is 131 g/mol. The fourth-order valence-electron chi connectivity index (χ4n) is 0.998. The molecule has 1 fully saturated rings. The third kappa shape index (κ3) is 1.17. The second kappa shape index (κ2) is 2.28. The molecule has 1 nitrogen and oxygen atoms in total. The van der Waals surface area contributed by atoms with Crippen molar-refractivity contribution in [2.75, 3.05) is 12.3 Å². The standard InChI is InChI=1S/C6H13NS/c1-6(5-7)3-2-4-8-6/h2-5,7H2,1H3/t6-/m0/s1. The quantitative estimate of drug-likeness (QED) is 0.579. The highest BCUT2D eigenvalue weighted by molar-refractivity contribution is 8.00. The molecule has 1 aliphatic heterocycles. The van der Waals surface area contributed by atoms with Crippen molar-refractivity contribution in [2.24, 2.45) is 5.73 Å². The zero-order valence-electron chi connectivity index (χ0n) is 5.31. The first-order valence-electron chi connectivity index (χ1n) is 3.11. The molecule has 0 aromatic rings. The Balaban J connectivity index is 2.40. The van der Waals surface area contributed by atoms with E-state index in [2.05, 4.69) is 6.92 Å². The van der Waals surface area contributed by atoms with E-state index in [-0.39, 0.29) is 0 Å². The van der Waals surface area contributed by atoms with E-state index in [4.69, 9.17) is 5.73 Å². The molecule has 0 radical (unpaired) electrons. The summed E-state index contributed by atoms with van der Waals surface area (Å²) in [6.45, 7) is 3.10. The van der Waals surface area contributed by atoms with Crippen LogP contribution in [-0.2, 0) is 0 Å². The molecule has 0 bridgehead atoms. The van der Waals surface area contributed by atoms with Crippen molar-refractivity contribution < 1.29 is 0 Å². The van der Waals surface area contributed by atoms with Crippen molar-refractivity contribution in [1.29, 1.82) is 0 Å². The summed E-state index contributed by atoms with van der Waals surface area (Å²) >= 11 is 2.02. The van der Waals surface area contributed by atoms with Gasteiger partial charge in [0.1, 0.15) is 0 Å². The van der Waals surface area contributed by atoms with E-state index in [9.17, 15) is 0 Å². The molecule has 0 spiro atoms. The maximum Gasteiger partial charge on any atom is 0.0254 e. The van der Waals surface area contributed by atoms with Crippen LogP contribution in [0.25, 0.3) is 0 Å². The first-order chi connectivity index (χ1) is 3.77. The summed E-state index contributed by atoms with van der Waals surface area (Å²) in [6, 6.07) is 0. The van der Waals surface area contributed by atoms with Gasteiger partial charge in [0, 0.05) is 11.3 Å². The fourth-order valence-corrected chi connectivity index (χ4v) is 2.19. The smallest absolute Gasteiger partial charge is 0.0254 e. The van der Waals surface area contributed by atoms with Crippen molar-refractivity contribution in [1.82, 2.24) is 0 Å². The minimum absolute atomic E-state index is 0.431. The summed E-state index contributed by atoms with van der Waals surface area (Å²) in [5, 5.41) is 0. The number of rotatable bonds is 1. The highest BCUT2D eigenvalue weighted by atomic mass is 32.2. The van der Waals surface area contributed by atoms with Crippen LogP contribution in [-0.4, -0.2) is 17.0 Å². The molecular formula is C6H13NS. The molecule has 1 atom stereocenters. The van der Waals surface area contributed by atoms with E-state index in [0.717, 1.165) is 6.54 Å². The third-order valence-electron chi connectivity index (χ3n) is 1.73. The largest absolute Gasteiger partial charge is 0.329 e. The molecule has 1 aliphatic rings. The predicted molar refractivity (Wildman–Crippen MR) is 39.2 cm³/mol. The summed E-state index contributed by atoms with van der Waals surface area (Å²) < 4.78 is 0.431. The second-order valence-electron chi connectivity index (χ2n) is 2.61. The van der Waals surface area contributed by atoms with Gasteiger partial charge in [-0.1, -0.05) is 0 Å². The Morgan fingerprint density at radius 1 is 1.75 bits per heavy atom. The molecule has 48 valence electrons. The van der Waals surface area contributed by atoms with Crippen LogP contribution < -0.4 is 5.73 Å². The van der Waals surface area contributed by atoms with Gasteiger partial charge in [-0.25, -0.2) is 0 Å². The average molecular weight is 131 g/mol. The van der Waals surface area contributed by atoms with E-state index < -0.39 is 0 Å². The molecule has 2 heteroatoms. The Labute approximate surface area is 55.0 Å². The Hall–Kier alpha value is 0.310. The molecule has 0 unspecified atom stereocenters. The zero-order chi connectivity index (χ0) is 6.04. The lowest BCUT2D eigenvalue weighted by atomic mass is 10.1. The summed E-state index contributed by atoms with van der Waals surface area (Å²) in [6.07, 6.45) is 2.67. The molecule has 1 rings (SSSR count). The van der Waals surface area contributed by atoms with Gasteiger partial charge in [-0.05, 0) is 25.5 Å². The van der Waals surface area contributed by atoms with E-state index in [1.807, 2.05) is 11.8 Å². The van der Waals surface area contributed by atoms with Gasteiger partial charge in [0.15, 0.2) is 0 Å². The summed E-state index contributed by atoms with van der Waals surface area (Å²) in [4.78, 5) is 0. The van der Waals surface area contributed by atoms with Crippen LogP contribution in [0.15, 0.2) is 0 Å². The van der Waals surface area contributed by atoms with Crippen LogP contribution in [0.2, 0.25) is 0 Å². The first kappa shape index (κ1) is 6.43. The van der Waals surface area contributed by atoms with Crippen molar-refractivity contribution in [3.8, 4) is 0 Å². The lowest BCUT2D eigenvalue weighted by molar-refractivity contribution is 0.618. The van der Waals surface area contributed by atoms with Gasteiger partial charge in [-0.15, -0.1) is 0 Å². The molecule has 0 aliphatic carbocycles. The molecule has 0 aromatic carbocycles. The number of hydrogen-bond donors (Lipinski definition) is 1. The highest BCUT2D eigenvalue weighted by Gasteiger charge is 2.26. The Morgan fingerprint density at radius 3 is 2.75 bits per heavy atom. The van der Waals surface area contributed by atoms with Crippen LogP contribution in [0.3, 0.4) is 0 Å². The molecule has 1 saturated heterocycles. The topological polar surface area (TPSA) is 26.0 Å². The molecule has 2 N–H and O–H groups in total. The van der Waals surface area contributed by atoms with Gasteiger partial charge >= 0.3 is 0 Å². The van der Waals surface area contributed by atoms with Crippen LogP contribution in [0.5, 0.6) is 0 Å². The van der Waals surface area contributed by atoms with Crippen molar-refractivity contribution in [2.45, 2.75) is 24.5 Å². The van der Waals surface area contributed by atoms with Crippen molar-refractivity contribution >= 4 is 11.8 Å². The van der Waals surface area contributed by atoms with Gasteiger partial charge < -0.3 is 5.73 Å². The van der Waals surface area contributed by atoms with Crippen LogP contribution in [0.4, 0.5) is 0 Å². The molecule has 1 heterocycles. The summed E-state index contributed by atoms with van der Waals surface area (Å²) in [5.74, 6) is 1.31. The molecular weight excluding hydrogens is 118 g/mol. The summed E-state index contributed by atoms with van der Waals surface area (Å²) in [7, 11) is 0. The van der Waals surface area contributed by atoms with Crippen LogP contribution in [0.1, 0.15) is 19.8 Å². The van der Waals surface area contributed by atoms with E-state index in [0.29, 0.717) is 4.75 Å².